The van der Waals surface area contributed by atoms with Gasteiger partial charge in [-0.2, -0.15) is 0 Å². The van der Waals surface area contributed by atoms with Crippen molar-refractivity contribution in [3.05, 3.63) is 52.2 Å². The predicted octanol–water partition coefficient (Wildman–Crippen LogP) is 4.27. The van der Waals surface area contributed by atoms with E-state index >= 15 is 0 Å². The highest BCUT2D eigenvalue weighted by atomic mass is 16.7. The third-order valence-corrected chi connectivity index (χ3v) is 11.6. The SMILES string of the molecule is CC(=O)OC[C@H]1O[C@@H](Oc2n[nH]c(C(C)C)c2Cc2ccc(/C=C/CCN3CCCC4(CCN(C(=O)CNC(=O)O)CC4)C3)cc2C)[C@H](OC(C)=O)[C@@H](OC(C)=O)[C@@H]1OC(C)=O. The lowest BCUT2D eigenvalue weighted by molar-refractivity contribution is -0.289. The second-order valence-corrected chi connectivity index (χ2v) is 16.7. The number of aromatic amines is 1. The number of nitrogens with one attached hydrogen (secondary N) is 2. The van der Waals surface area contributed by atoms with Crippen molar-refractivity contribution in [1.29, 1.82) is 0 Å². The fraction of sp³-hybridized carbons (Fsp3) is 0.614. The molecule has 3 aliphatic rings. The standard InChI is InChI=1S/C44H61N5O13/c1-26(2)37-34(41(47-46-37)62-42-40(60-31(7)53)39(59-30(6)52)38(58-29(5)51)35(61-42)24-57-28(4)50)22-33-13-12-32(21-27(33)3)11-8-9-17-48-18-10-14-44(25-48)15-19-49(20-16-44)36(54)23-45-43(55)56/h8,11-13,21,26,35,38-40,42,45H,9-10,14-20,22-25H2,1-7H3,(H,46,47)(H,55,56)/b11-8+/t35-,38-,39+,40-,42+/m1/s1. The number of rotatable bonds is 16. The van der Waals surface area contributed by atoms with Gasteiger partial charge in [0.2, 0.25) is 24.2 Å². The molecule has 1 spiro atoms. The van der Waals surface area contributed by atoms with Crippen molar-refractivity contribution in [3.63, 3.8) is 0 Å². The average molecular weight is 868 g/mol. The lowest BCUT2D eigenvalue weighted by Crippen LogP contribution is -2.63. The fourth-order valence-electron chi connectivity index (χ4n) is 8.59. The highest BCUT2D eigenvalue weighted by Gasteiger charge is 2.54. The molecule has 2 aromatic rings. The first-order valence-electron chi connectivity index (χ1n) is 21.2. The molecular formula is C44H61N5O13. The number of nitrogens with zero attached hydrogens (tertiary/aromatic N) is 3. The molecule has 0 radical (unpaired) electrons. The minimum absolute atomic E-state index is 0.00699. The molecule has 340 valence electrons. The van der Waals surface area contributed by atoms with Gasteiger partial charge >= 0.3 is 30.0 Å². The van der Waals surface area contributed by atoms with E-state index in [0.29, 0.717) is 19.5 Å². The Balaban J connectivity index is 1.26. The number of hydrogen-bond donors (Lipinski definition) is 3. The smallest absolute Gasteiger partial charge is 0.405 e. The van der Waals surface area contributed by atoms with Crippen LogP contribution in [0, 0.1) is 12.3 Å². The van der Waals surface area contributed by atoms with Gasteiger partial charge in [-0.1, -0.05) is 44.2 Å². The van der Waals surface area contributed by atoms with Crippen LogP contribution in [0.3, 0.4) is 0 Å². The molecule has 1 aromatic carbocycles. The van der Waals surface area contributed by atoms with E-state index in [9.17, 15) is 28.8 Å². The van der Waals surface area contributed by atoms with E-state index in [2.05, 4.69) is 50.8 Å². The molecule has 5 atom stereocenters. The summed E-state index contributed by atoms with van der Waals surface area (Å²) in [6.45, 7) is 14.4. The number of aromatic nitrogens is 2. The molecule has 0 bridgehead atoms. The molecule has 0 unspecified atom stereocenters. The molecule has 4 heterocycles. The van der Waals surface area contributed by atoms with Crippen molar-refractivity contribution in [2.75, 3.05) is 45.9 Å². The zero-order valence-electron chi connectivity index (χ0n) is 36.7. The minimum Gasteiger partial charge on any atom is -0.465 e. The first-order chi connectivity index (χ1) is 29.4. The number of benzene rings is 1. The number of likely N-dealkylation sites (tertiary alicyclic amines) is 2. The van der Waals surface area contributed by atoms with Gasteiger partial charge in [0, 0.05) is 71.6 Å². The summed E-state index contributed by atoms with van der Waals surface area (Å²) < 4.78 is 34.5. The molecule has 5 rings (SSSR count). The summed E-state index contributed by atoms with van der Waals surface area (Å²) in [5.74, 6) is -2.85. The van der Waals surface area contributed by atoms with Crippen molar-refractivity contribution in [3.8, 4) is 5.88 Å². The molecule has 3 aliphatic heterocycles. The second kappa shape index (κ2) is 21.5. The number of hydrogen-bond acceptors (Lipinski definition) is 14. The third-order valence-electron chi connectivity index (χ3n) is 11.6. The van der Waals surface area contributed by atoms with E-state index in [1.807, 2.05) is 20.8 Å². The molecule has 1 aromatic heterocycles. The zero-order chi connectivity index (χ0) is 45.1. The number of carbonyl (C=O) groups excluding carboxylic acids is 5. The Morgan fingerprint density at radius 3 is 2.26 bits per heavy atom. The van der Waals surface area contributed by atoms with E-state index < -0.39 is 60.7 Å². The van der Waals surface area contributed by atoms with Gasteiger partial charge in [0.15, 0.2) is 12.2 Å². The fourth-order valence-corrected chi connectivity index (χ4v) is 8.59. The van der Waals surface area contributed by atoms with E-state index in [4.69, 9.17) is 33.5 Å². The Hall–Kier alpha value is -5.49. The molecule has 0 aliphatic carbocycles. The highest BCUT2D eigenvalue weighted by molar-refractivity contribution is 5.81. The number of aryl methyl sites for hydroxylation is 1. The monoisotopic (exact) mass is 867 g/mol. The minimum atomic E-state index is -1.43. The van der Waals surface area contributed by atoms with Crippen LogP contribution in [0.1, 0.15) is 108 Å². The lowest BCUT2D eigenvalue weighted by atomic mass is 9.72. The topological polar surface area (TPSA) is 225 Å². The molecule has 3 saturated heterocycles. The number of H-pyrrole nitrogens is 1. The van der Waals surface area contributed by atoms with Crippen molar-refractivity contribution in [2.24, 2.45) is 5.41 Å². The van der Waals surface area contributed by atoms with Gasteiger partial charge in [-0.05, 0) is 73.6 Å². The normalized spacial score (nSPS) is 22.6. The van der Waals surface area contributed by atoms with Gasteiger partial charge < -0.3 is 48.6 Å². The Morgan fingerprint density at radius 2 is 1.63 bits per heavy atom. The van der Waals surface area contributed by atoms with Crippen LogP contribution in [0.2, 0.25) is 0 Å². The first kappa shape index (κ1) is 47.6. The van der Waals surface area contributed by atoms with Gasteiger partial charge in [0.1, 0.15) is 19.3 Å². The van der Waals surface area contributed by atoms with Crippen LogP contribution in [-0.4, -0.2) is 138 Å². The molecule has 0 saturated carbocycles. The van der Waals surface area contributed by atoms with Gasteiger partial charge in [0.05, 0.1) is 0 Å². The number of esters is 4. The quantitative estimate of drug-likeness (QED) is 0.158. The summed E-state index contributed by atoms with van der Waals surface area (Å²) in [4.78, 5) is 76.2. The average Bonchev–Trinajstić information content (AvgIpc) is 3.59. The maximum atomic E-state index is 12.4. The van der Waals surface area contributed by atoms with Gasteiger partial charge in [-0.25, -0.2) is 4.79 Å². The van der Waals surface area contributed by atoms with Crippen molar-refractivity contribution >= 4 is 42.0 Å². The number of piperidine rings is 2. The molecule has 3 N–H and O–H groups in total. The van der Waals surface area contributed by atoms with Crippen molar-refractivity contribution in [2.45, 2.75) is 124 Å². The number of amides is 2. The Labute approximate surface area is 361 Å². The van der Waals surface area contributed by atoms with E-state index in [1.165, 1.54) is 13.8 Å². The number of carboxylic acid groups (broad SMARTS) is 1. The van der Waals surface area contributed by atoms with E-state index in [0.717, 1.165) is 93.5 Å². The number of carbonyl (C=O) groups is 6. The summed E-state index contributed by atoms with van der Waals surface area (Å²) in [5.41, 5.74) is 4.83. The summed E-state index contributed by atoms with van der Waals surface area (Å²) in [5, 5.41) is 18.6. The maximum absolute atomic E-state index is 12.4. The maximum Gasteiger partial charge on any atom is 0.405 e. The van der Waals surface area contributed by atoms with Crippen LogP contribution in [0.5, 0.6) is 5.88 Å². The van der Waals surface area contributed by atoms with E-state index in [-0.39, 0.29) is 36.3 Å². The van der Waals surface area contributed by atoms with Crippen LogP contribution in [0.15, 0.2) is 24.3 Å². The Bertz CT molecular complexity index is 1960. The van der Waals surface area contributed by atoms with Gasteiger partial charge in [-0.3, -0.25) is 29.1 Å². The van der Waals surface area contributed by atoms with Crippen molar-refractivity contribution < 1.29 is 62.3 Å². The Kier molecular flexibility index (Phi) is 16.5. The largest absolute Gasteiger partial charge is 0.465 e. The third kappa shape index (κ3) is 13.0. The molecule has 18 nitrogen and oxygen atoms in total. The van der Waals surface area contributed by atoms with Crippen LogP contribution >= 0.6 is 0 Å². The molecular weight excluding hydrogens is 807 g/mol. The summed E-state index contributed by atoms with van der Waals surface area (Å²) in [6.07, 6.45) is 1.82. The summed E-state index contributed by atoms with van der Waals surface area (Å²) in [7, 11) is 0. The molecule has 18 heteroatoms. The first-order valence-corrected chi connectivity index (χ1v) is 21.2. The summed E-state index contributed by atoms with van der Waals surface area (Å²) >= 11 is 0. The van der Waals surface area contributed by atoms with Crippen LogP contribution < -0.4 is 10.1 Å². The second-order valence-electron chi connectivity index (χ2n) is 16.7. The predicted molar refractivity (Wildman–Crippen MR) is 223 cm³/mol. The van der Waals surface area contributed by atoms with Gasteiger partial charge in [-0.15, -0.1) is 5.10 Å². The summed E-state index contributed by atoms with van der Waals surface area (Å²) in [6, 6.07) is 6.25. The van der Waals surface area contributed by atoms with Gasteiger partial charge in [0.25, 0.3) is 0 Å². The molecule has 62 heavy (non-hydrogen) atoms. The lowest BCUT2D eigenvalue weighted by Gasteiger charge is -2.47. The number of ether oxygens (including phenoxy) is 6. The molecule has 2 amide bonds. The van der Waals surface area contributed by atoms with Crippen molar-refractivity contribution in [1.82, 2.24) is 25.3 Å². The van der Waals surface area contributed by atoms with Crippen LogP contribution in [0.4, 0.5) is 4.79 Å². The van der Waals surface area contributed by atoms with Crippen LogP contribution in [-0.2, 0) is 54.1 Å². The Morgan fingerprint density at radius 1 is 0.952 bits per heavy atom. The van der Waals surface area contributed by atoms with E-state index in [1.54, 1.807) is 4.90 Å². The highest BCUT2D eigenvalue weighted by Crippen LogP contribution is 2.40. The van der Waals surface area contributed by atoms with Crippen LogP contribution in [0.25, 0.3) is 6.08 Å². The molecule has 3 fully saturated rings. The zero-order valence-corrected chi connectivity index (χ0v) is 36.7.